The predicted octanol–water partition coefficient (Wildman–Crippen LogP) is 0.822. The van der Waals surface area contributed by atoms with Gasteiger partial charge in [-0.15, -0.1) is 0 Å². The van der Waals surface area contributed by atoms with Gasteiger partial charge in [0.05, 0.1) is 0 Å². The number of likely N-dealkylation sites (N-methyl/N-ethyl adjacent to an activating group) is 1. The molecule has 0 fully saturated rings. The van der Waals surface area contributed by atoms with Crippen LogP contribution in [0.25, 0.3) is 0 Å². The molecule has 0 saturated carbocycles. The summed E-state index contributed by atoms with van der Waals surface area (Å²) in [5, 5.41) is 6.75. The Labute approximate surface area is 98.8 Å². The Morgan fingerprint density at radius 3 is 2.69 bits per heavy atom. The minimum absolute atomic E-state index is 0.523. The monoisotopic (exact) mass is 224 g/mol. The zero-order chi connectivity index (χ0) is 11.8. The molecule has 1 aliphatic carbocycles. The van der Waals surface area contributed by atoms with Gasteiger partial charge in [-0.2, -0.15) is 0 Å². The van der Waals surface area contributed by atoms with Gasteiger partial charge < -0.3 is 15.5 Å². The van der Waals surface area contributed by atoms with E-state index in [0.717, 1.165) is 38.4 Å². The SMILES string of the molecule is CCN(C)CCNC(=NC)NC1CC=CC1. The Balaban J connectivity index is 2.17. The molecule has 0 bridgehead atoms. The van der Waals surface area contributed by atoms with E-state index in [2.05, 4.69) is 46.6 Å². The van der Waals surface area contributed by atoms with E-state index in [9.17, 15) is 0 Å². The Hall–Kier alpha value is -1.03. The average molecular weight is 224 g/mol. The van der Waals surface area contributed by atoms with Crippen molar-refractivity contribution in [3.63, 3.8) is 0 Å². The first-order valence-corrected chi connectivity index (χ1v) is 6.07. The zero-order valence-corrected chi connectivity index (χ0v) is 10.7. The molecule has 0 unspecified atom stereocenters. The fourth-order valence-corrected chi connectivity index (χ4v) is 1.65. The van der Waals surface area contributed by atoms with Crippen LogP contribution in [0.15, 0.2) is 17.1 Å². The average Bonchev–Trinajstić information content (AvgIpc) is 2.80. The molecular formula is C12H24N4. The Morgan fingerprint density at radius 1 is 1.44 bits per heavy atom. The molecule has 0 aromatic heterocycles. The summed E-state index contributed by atoms with van der Waals surface area (Å²) in [5.74, 6) is 0.915. The highest BCUT2D eigenvalue weighted by atomic mass is 15.2. The van der Waals surface area contributed by atoms with Crippen molar-refractivity contribution in [2.45, 2.75) is 25.8 Å². The van der Waals surface area contributed by atoms with Crippen LogP contribution in [0.3, 0.4) is 0 Å². The minimum atomic E-state index is 0.523. The maximum absolute atomic E-state index is 4.22. The zero-order valence-electron chi connectivity index (χ0n) is 10.7. The third-order valence-corrected chi connectivity index (χ3v) is 2.90. The highest BCUT2D eigenvalue weighted by molar-refractivity contribution is 5.80. The molecule has 4 heteroatoms. The topological polar surface area (TPSA) is 39.7 Å². The second kappa shape index (κ2) is 7.28. The van der Waals surface area contributed by atoms with Gasteiger partial charge in [0, 0.05) is 26.2 Å². The molecule has 0 radical (unpaired) electrons. The number of aliphatic imine (C=N–C) groups is 1. The van der Waals surface area contributed by atoms with E-state index in [0.29, 0.717) is 6.04 Å². The van der Waals surface area contributed by atoms with Gasteiger partial charge in [-0.1, -0.05) is 19.1 Å². The van der Waals surface area contributed by atoms with Gasteiger partial charge in [0.15, 0.2) is 5.96 Å². The molecule has 0 spiro atoms. The van der Waals surface area contributed by atoms with Crippen molar-refractivity contribution < 1.29 is 0 Å². The number of nitrogens with one attached hydrogen (secondary N) is 2. The second-order valence-corrected chi connectivity index (χ2v) is 4.18. The number of rotatable bonds is 5. The maximum Gasteiger partial charge on any atom is 0.191 e. The lowest BCUT2D eigenvalue weighted by atomic mass is 10.2. The quantitative estimate of drug-likeness (QED) is 0.413. The van der Waals surface area contributed by atoms with Crippen LogP contribution in [0, 0.1) is 0 Å². The molecule has 0 aromatic rings. The summed E-state index contributed by atoms with van der Waals surface area (Å²) in [6, 6.07) is 0.523. The van der Waals surface area contributed by atoms with Crippen molar-refractivity contribution in [3.05, 3.63) is 12.2 Å². The molecule has 0 aliphatic heterocycles. The van der Waals surface area contributed by atoms with Crippen molar-refractivity contribution in [2.24, 2.45) is 4.99 Å². The molecule has 0 aromatic carbocycles. The Bertz CT molecular complexity index is 239. The van der Waals surface area contributed by atoms with Crippen LogP contribution in [0.4, 0.5) is 0 Å². The molecule has 2 N–H and O–H groups in total. The Morgan fingerprint density at radius 2 is 2.12 bits per heavy atom. The summed E-state index contributed by atoms with van der Waals surface area (Å²) in [6.07, 6.45) is 6.65. The van der Waals surface area contributed by atoms with E-state index in [1.807, 2.05) is 7.05 Å². The normalized spacial score (nSPS) is 17.1. The van der Waals surface area contributed by atoms with Crippen LogP contribution in [0.5, 0.6) is 0 Å². The smallest absolute Gasteiger partial charge is 0.191 e. The summed E-state index contributed by atoms with van der Waals surface area (Å²) in [6.45, 7) is 5.22. The number of hydrogen-bond acceptors (Lipinski definition) is 2. The second-order valence-electron chi connectivity index (χ2n) is 4.18. The predicted molar refractivity (Wildman–Crippen MR) is 69.8 cm³/mol. The van der Waals surface area contributed by atoms with Crippen LogP contribution in [0.1, 0.15) is 19.8 Å². The van der Waals surface area contributed by atoms with Gasteiger partial charge in [-0.3, -0.25) is 4.99 Å². The molecule has 0 heterocycles. The summed E-state index contributed by atoms with van der Waals surface area (Å²) in [5.41, 5.74) is 0. The lowest BCUT2D eigenvalue weighted by molar-refractivity contribution is 0.357. The van der Waals surface area contributed by atoms with Crippen molar-refractivity contribution in [1.29, 1.82) is 0 Å². The fraction of sp³-hybridized carbons (Fsp3) is 0.750. The van der Waals surface area contributed by atoms with E-state index >= 15 is 0 Å². The van der Waals surface area contributed by atoms with E-state index in [1.54, 1.807) is 0 Å². The molecule has 4 nitrogen and oxygen atoms in total. The standard InChI is InChI=1S/C12H24N4/c1-4-16(3)10-9-14-12(13-2)15-11-7-5-6-8-11/h5-6,11H,4,7-10H2,1-3H3,(H2,13,14,15). The van der Waals surface area contributed by atoms with E-state index in [-0.39, 0.29) is 0 Å². The third-order valence-electron chi connectivity index (χ3n) is 2.90. The van der Waals surface area contributed by atoms with Gasteiger partial charge in [0.25, 0.3) is 0 Å². The largest absolute Gasteiger partial charge is 0.355 e. The molecule has 1 rings (SSSR count). The summed E-state index contributed by atoms with van der Waals surface area (Å²) in [4.78, 5) is 6.50. The number of nitrogens with zero attached hydrogens (tertiary/aromatic N) is 2. The van der Waals surface area contributed by atoms with Crippen LogP contribution in [-0.4, -0.2) is 50.6 Å². The van der Waals surface area contributed by atoms with Crippen molar-refractivity contribution in [2.75, 3.05) is 33.7 Å². The number of hydrogen-bond donors (Lipinski definition) is 2. The summed E-state index contributed by atoms with van der Waals surface area (Å²) in [7, 11) is 3.94. The molecular weight excluding hydrogens is 200 g/mol. The molecule has 0 saturated heterocycles. The van der Waals surface area contributed by atoms with Crippen LogP contribution in [-0.2, 0) is 0 Å². The first-order valence-electron chi connectivity index (χ1n) is 6.07. The van der Waals surface area contributed by atoms with E-state index in [1.165, 1.54) is 0 Å². The summed E-state index contributed by atoms with van der Waals surface area (Å²) >= 11 is 0. The van der Waals surface area contributed by atoms with Gasteiger partial charge >= 0.3 is 0 Å². The van der Waals surface area contributed by atoms with Crippen molar-refractivity contribution in [3.8, 4) is 0 Å². The fourth-order valence-electron chi connectivity index (χ4n) is 1.65. The molecule has 16 heavy (non-hydrogen) atoms. The van der Waals surface area contributed by atoms with Crippen LogP contribution in [0.2, 0.25) is 0 Å². The van der Waals surface area contributed by atoms with Gasteiger partial charge in [0.2, 0.25) is 0 Å². The molecule has 92 valence electrons. The highest BCUT2D eigenvalue weighted by Gasteiger charge is 2.11. The van der Waals surface area contributed by atoms with Gasteiger partial charge in [0.1, 0.15) is 0 Å². The third kappa shape index (κ3) is 4.66. The Kier molecular flexibility index (Phi) is 5.93. The van der Waals surface area contributed by atoms with Crippen molar-refractivity contribution in [1.82, 2.24) is 15.5 Å². The maximum atomic E-state index is 4.22. The van der Waals surface area contributed by atoms with Crippen LogP contribution >= 0.6 is 0 Å². The number of guanidine groups is 1. The first kappa shape index (κ1) is 13.0. The first-order chi connectivity index (χ1) is 7.76. The van der Waals surface area contributed by atoms with Gasteiger partial charge in [-0.25, -0.2) is 0 Å². The van der Waals surface area contributed by atoms with Crippen LogP contribution < -0.4 is 10.6 Å². The molecule has 1 aliphatic rings. The van der Waals surface area contributed by atoms with E-state index in [4.69, 9.17) is 0 Å². The summed E-state index contributed by atoms with van der Waals surface area (Å²) < 4.78 is 0. The lowest BCUT2D eigenvalue weighted by Crippen LogP contribution is -2.44. The lowest BCUT2D eigenvalue weighted by Gasteiger charge is -2.19. The van der Waals surface area contributed by atoms with E-state index < -0.39 is 0 Å². The van der Waals surface area contributed by atoms with Gasteiger partial charge in [-0.05, 0) is 26.4 Å². The molecule has 0 amide bonds. The highest BCUT2D eigenvalue weighted by Crippen LogP contribution is 2.08. The molecule has 0 atom stereocenters. The van der Waals surface area contributed by atoms with Crippen molar-refractivity contribution >= 4 is 5.96 Å². The minimum Gasteiger partial charge on any atom is -0.355 e.